The van der Waals surface area contributed by atoms with Crippen molar-refractivity contribution in [3.05, 3.63) is 23.9 Å². The molecule has 3 rings (SSSR count). The van der Waals surface area contributed by atoms with Gasteiger partial charge in [0.2, 0.25) is 5.88 Å². The van der Waals surface area contributed by atoms with Crippen molar-refractivity contribution in [2.24, 2.45) is 5.92 Å². The van der Waals surface area contributed by atoms with E-state index in [4.69, 9.17) is 14.2 Å². The normalized spacial score (nSPS) is 21.0. The Morgan fingerprint density at radius 2 is 2.11 bits per heavy atom. The number of carbonyl (C=O) groups is 1. The number of ether oxygens (including phenoxy) is 3. The zero-order valence-electron chi connectivity index (χ0n) is 17.1. The SMILES string of the molecule is COCCN1CCC(CN(C[C@H]2CCCO2)C(=O)c2cccnc2OC)CC1. The van der Waals surface area contributed by atoms with Crippen molar-refractivity contribution >= 4 is 5.91 Å². The first-order valence-electron chi connectivity index (χ1n) is 10.3. The fourth-order valence-electron chi connectivity index (χ4n) is 4.09. The van der Waals surface area contributed by atoms with Crippen LogP contribution in [0.15, 0.2) is 18.3 Å². The highest BCUT2D eigenvalue weighted by Gasteiger charge is 2.29. The molecule has 2 saturated heterocycles. The maximum Gasteiger partial charge on any atom is 0.259 e. The second-order valence-corrected chi connectivity index (χ2v) is 7.68. The summed E-state index contributed by atoms with van der Waals surface area (Å²) in [6.07, 6.45) is 6.07. The van der Waals surface area contributed by atoms with Crippen LogP contribution in [0, 0.1) is 5.92 Å². The van der Waals surface area contributed by atoms with Crippen LogP contribution in [0.5, 0.6) is 5.88 Å². The van der Waals surface area contributed by atoms with E-state index in [1.54, 1.807) is 32.5 Å². The minimum absolute atomic E-state index is 0.0118. The summed E-state index contributed by atoms with van der Waals surface area (Å²) in [5, 5.41) is 0. The topological polar surface area (TPSA) is 64.1 Å². The van der Waals surface area contributed by atoms with E-state index in [9.17, 15) is 4.79 Å². The Balaban J connectivity index is 1.64. The van der Waals surface area contributed by atoms with E-state index in [1.807, 2.05) is 4.90 Å². The quantitative estimate of drug-likeness (QED) is 0.642. The maximum atomic E-state index is 13.3. The monoisotopic (exact) mass is 391 g/mol. The molecule has 1 amide bonds. The summed E-state index contributed by atoms with van der Waals surface area (Å²) < 4.78 is 16.3. The summed E-state index contributed by atoms with van der Waals surface area (Å²) in [6.45, 7) is 6.07. The second-order valence-electron chi connectivity index (χ2n) is 7.68. The first-order chi connectivity index (χ1) is 13.7. The van der Waals surface area contributed by atoms with Crippen molar-refractivity contribution in [1.29, 1.82) is 0 Å². The Bertz CT molecular complexity index is 613. The molecule has 28 heavy (non-hydrogen) atoms. The number of hydrogen-bond donors (Lipinski definition) is 0. The molecule has 0 unspecified atom stereocenters. The van der Waals surface area contributed by atoms with Crippen LogP contribution in [0.3, 0.4) is 0 Å². The number of likely N-dealkylation sites (tertiary alicyclic amines) is 1. The lowest BCUT2D eigenvalue weighted by molar-refractivity contribution is 0.0434. The van der Waals surface area contributed by atoms with Crippen LogP contribution < -0.4 is 4.74 Å². The fraction of sp³-hybridized carbons (Fsp3) is 0.714. The van der Waals surface area contributed by atoms with Gasteiger partial charge in [-0.25, -0.2) is 4.98 Å². The van der Waals surface area contributed by atoms with Gasteiger partial charge in [0.25, 0.3) is 5.91 Å². The Morgan fingerprint density at radius 1 is 1.29 bits per heavy atom. The van der Waals surface area contributed by atoms with Gasteiger partial charge < -0.3 is 24.0 Å². The van der Waals surface area contributed by atoms with Gasteiger partial charge in [0.1, 0.15) is 5.56 Å². The molecule has 7 heteroatoms. The molecule has 1 aromatic rings. The summed E-state index contributed by atoms with van der Waals surface area (Å²) in [4.78, 5) is 21.9. The molecule has 156 valence electrons. The average molecular weight is 392 g/mol. The molecule has 0 bridgehead atoms. The molecule has 0 saturated carbocycles. The van der Waals surface area contributed by atoms with E-state index < -0.39 is 0 Å². The molecule has 2 aliphatic rings. The average Bonchev–Trinajstić information content (AvgIpc) is 3.25. The van der Waals surface area contributed by atoms with Crippen molar-refractivity contribution in [2.75, 3.05) is 60.2 Å². The Hall–Kier alpha value is -1.70. The highest BCUT2D eigenvalue weighted by atomic mass is 16.5. The number of carbonyl (C=O) groups excluding carboxylic acids is 1. The third-order valence-electron chi connectivity index (χ3n) is 5.73. The molecule has 2 fully saturated rings. The lowest BCUT2D eigenvalue weighted by atomic mass is 9.95. The van der Waals surface area contributed by atoms with Crippen molar-refractivity contribution in [1.82, 2.24) is 14.8 Å². The smallest absolute Gasteiger partial charge is 0.259 e. The number of hydrogen-bond acceptors (Lipinski definition) is 6. The molecule has 7 nitrogen and oxygen atoms in total. The standard InChI is InChI=1S/C21H33N3O4/c1-26-14-12-23-10-7-17(8-11-23)15-24(16-18-5-4-13-28-18)21(25)19-6-3-9-22-20(19)27-2/h3,6,9,17-18H,4-5,7-8,10-16H2,1-2H3/t18-/m1/s1. The van der Waals surface area contributed by atoms with Crippen LogP contribution in [0.25, 0.3) is 0 Å². The van der Waals surface area contributed by atoms with Crippen LogP contribution in [-0.4, -0.2) is 87.0 Å². The van der Waals surface area contributed by atoms with Crippen LogP contribution in [0.1, 0.15) is 36.0 Å². The second kappa shape index (κ2) is 10.7. The highest BCUT2D eigenvalue weighted by Crippen LogP contribution is 2.23. The molecule has 1 aromatic heterocycles. The lowest BCUT2D eigenvalue weighted by Crippen LogP contribution is -2.44. The van der Waals surface area contributed by atoms with E-state index in [-0.39, 0.29) is 12.0 Å². The minimum Gasteiger partial charge on any atom is -0.480 e. The van der Waals surface area contributed by atoms with Gasteiger partial charge in [-0.15, -0.1) is 0 Å². The van der Waals surface area contributed by atoms with Gasteiger partial charge in [-0.3, -0.25) is 4.79 Å². The molecule has 3 heterocycles. The molecule has 0 aliphatic carbocycles. The zero-order chi connectivity index (χ0) is 19.8. The number of amides is 1. The lowest BCUT2D eigenvalue weighted by Gasteiger charge is -2.35. The van der Waals surface area contributed by atoms with Crippen LogP contribution in [-0.2, 0) is 9.47 Å². The summed E-state index contributed by atoms with van der Waals surface area (Å²) in [6, 6.07) is 3.58. The molecule has 0 aromatic carbocycles. The number of rotatable bonds is 9. The van der Waals surface area contributed by atoms with E-state index in [1.165, 1.54) is 0 Å². The van der Waals surface area contributed by atoms with E-state index in [0.29, 0.717) is 23.9 Å². The number of methoxy groups -OCH3 is 2. The van der Waals surface area contributed by atoms with Crippen molar-refractivity contribution in [3.63, 3.8) is 0 Å². The van der Waals surface area contributed by atoms with Crippen LogP contribution in [0.4, 0.5) is 0 Å². The largest absolute Gasteiger partial charge is 0.480 e. The van der Waals surface area contributed by atoms with Crippen LogP contribution >= 0.6 is 0 Å². The van der Waals surface area contributed by atoms with Gasteiger partial charge in [0.05, 0.1) is 19.8 Å². The van der Waals surface area contributed by atoms with Gasteiger partial charge in [-0.1, -0.05) is 0 Å². The minimum atomic E-state index is -0.0118. The third-order valence-corrected chi connectivity index (χ3v) is 5.73. The molecule has 0 spiro atoms. The van der Waals surface area contributed by atoms with Gasteiger partial charge in [-0.05, 0) is 56.8 Å². The Kier molecular flexibility index (Phi) is 8.06. The first-order valence-corrected chi connectivity index (χ1v) is 10.3. The summed E-state index contributed by atoms with van der Waals surface area (Å²) >= 11 is 0. The predicted octanol–water partition coefficient (Wildman–Crippen LogP) is 2.07. The number of nitrogens with zero attached hydrogens (tertiary/aromatic N) is 3. The maximum absolute atomic E-state index is 13.3. The Morgan fingerprint density at radius 3 is 2.79 bits per heavy atom. The molecule has 2 aliphatic heterocycles. The van der Waals surface area contributed by atoms with Crippen molar-refractivity contribution in [2.45, 2.75) is 31.8 Å². The molecular formula is C21H33N3O4. The van der Waals surface area contributed by atoms with Crippen molar-refractivity contribution < 1.29 is 19.0 Å². The van der Waals surface area contributed by atoms with E-state index in [2.05, 4.69) is 9.88 Å². The predicted molar refractivity (Wildman–Crippen MR) is 107 cm³/mol. The van der Waals surface area contributed by atoms with E-state index >= 15 is 0 Å². The number of piperidine rings is 1. The van der Waals surface area contributed by atoms with E-state index in [0.717, 1.165) is 65.1 Å². The zero-order valence-corrected chi connectivity index (χ0v) is 17.1. The van der Waals surface area contributed by atoms with Gasteiger partial charge >= 0.3 is 0 Å². The third kappa shape index (κ3) is 5.65. The fourth-order valence-corrected chi connectivity index (χ4v) is 4.09. The van der Waals surface area contributed by atoms with Crippen LogP contribution in [0.2, 0.25) is 0 Å². The van der Waals surface area contributed by atoms with Crippen molar-refractivity contribution in [3.8, 4) is 5.88 Å². The molecule has 1 atom stereocenters. The van der Waals surface area contributed by atoms with Gasteiger partial charge in [0, 0.05) is 39.5 Å². The Labute approximate surface area is 168 Å². The summed E-state index contributed by atoms with van der Waals surface area (Å²) in [5.41, 5.74) is 0.528. The summed E-state index contributed by atoms with van der Waals surface area (Å²) in [7, 11) is 3.30. The summed E-state index contributed by atoms with van der Waals surface area (Å²) in [5.74, 6) is 0.883. The van der Waals surface area contributed by atoms with Gasteiger partial charge in [0.15, 0.2) is 0 Å². The number of aromatic nitrogens is 1. The van der Waals surface area contributed by atoms with Gasteiger partial charge in [-0.2, -0.15) is 0 Å². The highest BCUT2D eigenvalue weighted by molar-refractivity contribution is 5.96. The molecular weight excluding hydrogens is 358 g/mol. The molecule has 0 radical (unpaired) electrons. The first kappa shape index (κ1) is 21.0. The molecule has 0 N–H and O–H groups in total. The number of pyridine rings is 1.